The van der Waals surface area contributed by atoms with Crippen molar-refractivity contribution in [3.8, 4) is 0 Å². The predicted molar refractivity (Wildman–Crippen MR) is 66.6 cm³/mol. The summed E-state index contributed by atoms with van der Waals surface area (Å²) >= 11 is 5.38. The van der Waals surface area contributed by atoms with Gasteiger partial charge in [-0.3, -0.25) is 0 Å². The molecule has 0 aromatic heterocycles. The van der Waals surface area contributed by atoms with Gasteiger partial charge in [0.25, 0.3) is 0 Å². The van der Waals surface area contributed by atoms with Crippen LogP contribution in [0.4, 0.5) is 0 Å². The van der Waals surface area contributed by atoms with Crippen molar-refractivity contribution in [1.29, 1.82) is 0 Å². The van der Waals surface area contributed by atoms with Gasteiger partial charge in [0.2, 0.25) is 0 Å². The molecule has 0 amide bonds. The first kappa shape index (κ1) is 12.1. The lowest BCUT2D eigenvalue weighted by Crippen LogP contribution is -2.03. The molecule has 1 atom stereocenters. The molecule has 3 heteroatoms. The van der Waals surface area contributed by atoms with Gasteiger partial charge >= 0.3 is 0 Å². The monoisotopic (exact) mass is 274 g/mol. The van der Waals surface area contributed by atoms with Gasteiger partial charge in [0.15, 0.2) is 0 Å². The Bertz CT molecular complexity index is 278. The van der Waals surface area contributed by atoms with Gasteiger partial charge in [-0.05, 0) is 23.3 Å². The van der Waals surface area contributed by atoms with Gasteiger partial charge in [0.1, 0.15) is 0 Å². The van der Waals surface area contributed by atoms with Crippen LogP contribution in [-0.4, -0.2) is 17.5 Å². The zero-order valence-corrected chi connectivity index (χ0v) is 10.6. The first-order valence-corrected chi connectivity index (χ1v) is 6.61. The Labute approximate surface area is 98.0 Å². The van der Waals surface area contributed by atoms with Crippen LogP contribution in [0.3, 0.4) is 0 Å². The van der Waals surface area contributed by atoms with Crippen LogP contribution in [0.1, 0.15) is 12.5 Å². The van der Waals surface area contributed by atoms with Crippen LogP contribution < -0.4 is 0 Å². The van der Waals surface area contributed by atoms with E-state index in [1.807, 2.05) is 17.8 Å². The molecular formula is C11H15BrOS. The third-order valence-electron chi connectivity index (χ3n) is 1.93. The van der Waals surface area contributed by atoms with E-state index < -0.39 is 0 Å². The quantitative estimate of drug-likeness (QED) is 0.889. The Morgan fingerprint density at radius 2 is 2.14 bits per heavy atom. The summed E-state index contributed by atoms with van der Waals surface area (Å²) in [5.41, 5.74) is 1.32. The van der Waals surface area contributed by atoms with Crippen LogP contribution in [0.25, 0.3) is 0 Å². The van der Waals surface area contributed by atoms with Gasteiger partial charge in [-0.2, -0.15) is 11.8 Å². The minimum atomic E-state index is 0.281. The molecule has 0 fully saturated rings. The van der Waals surface area contributed by atoms with Crippen molar-refractivity contribution >= 4 is 27.7 Å². The molecule has 0 heterocycles. The number of aliphatic hydroxyl groups excluding tert-OH is 1. The van der Waals surface area contributed by atoms with Gasteiger partial charge < -0.3 is 5.11 Å². The van der Waals surface area contributed by atoms with Crippen molar-refractivity contribution in [3.63, 3.8) is 0 Å². The van der Waals surface area contributed by atoms with Crippen LogP contribution in [-0.2, 0) is 5.75 Å². The molecule has 78 valence electrons. The van der Waals surface area contributed by atoms with Gasteiger partial charge in [-0.15, -0.1) is 0 Å². The molecule has 0 spiro atoms. The summed E-state index contributed by atoms with van der Waals surface area (Å²) in [6.45, 7) is 2.34. The Morgan fingerprint density at radius 3 is 2.79 bits per heavy atom. The lowest BCUT2D eigenvalue weighted by molar-refractivity contribution is 0.250. The van der Waals surface area contributed by atoms with Crippen molar-refractivity contribution in [2.45, 2.75) is 12.7 Å². The van der Waals surface area contributed by atoms with Crippen molar-refractivity contribution in [2.75, 3.05) is 12.4 Å². The second-order valence-corrected chi connectivity index (χ2v) is 5.28. The Hall–Kier alpha value is 0.01000. The lowest BCUT2D eigenvalue weighted by atomic mass is 10.2. The maximum absolute atomic E-state index is 8.86. The summed E-state index contributed by atoms with van der Waals surface area (Å²) in [6.07, 6.45) is 0. The maximum Gasteiger partial charge on any atom is 0.0464 e. The van der Waals surface area contributed by atoms with E-state index in [9.17, 15) is 0 Å². The van der Waals surface area contributed by atoms with E-state index in [1.54, 1.807) is 0 Å². The highest BCUT2D eigenvalue weighted by molar-refractivity contribution is 9.10. The van der Waals surface area contributed by atoms with Crippen LogP contribution in [0.15, 0.2) is 28.7 Å². The number of aliphatic hydroxyl groups is 1. The predicted octanol–water partition coefficient (Wildman–Crippen LogP) is 3.31. The molecule has 0 saturated carbocycles. The fourth-order valence-electron chi connectivity index (χ4n) is 1.04. The molecule has 0 aliphatic carbocycles. The second-order valence-electron chi connectivity index (χ2n) is 3.39. The number of benzene rings is 1. The third-order valence-corrected chi connectivity index (χ3v) is 4.02. The van der Waals surface area contributed by atoms with Gasteiger partial charge in [-0.1, -0.05) is 41.1 Å². The first-order valence-electron chi connectivity index (χ1n) is 4.66. The molecule has 1 aromatic carbocycles. The maximum atomic E-state index is 8.86. The van der Waals surface area contributed by atoms with Crippen LogP contribution >= 0.6 is 27.7 Å². The summed E-state index contributed by atoms with van der Waals surface area (Å²) in [5, 5.41) is 8.86. The smallest absolute Gasteiger partial charge is 0.0464 e. The van der Waals surface area contributed by atoms with Crippen molar-refractivity contribution < 1.29 is 5.11 Å². The first-order chi connectivity index (χ1) is 6.74. The fourth-order valence-corrected chi connectivity index (χ4v) is 2.75. The van der Waals surface area contributed by atoms with E-state index in [1.165, 1.54) is 10.0 Å². The largest absolute Gasteiger partial charge is 0.396 e. The van der Waals surface area contributed by atoms with Gasteiger partial charge in [0.05, 0.1) is 0 Å². The summed E-state index contributed by atoms with van der Waals surface area (Å²) < 4.78 is 1.17. The molecule has 1 aromatic rings. The van der Waals surface area contributed by atoms with Crippen LogP contribution in [0, 0.1) is 5.92 Å². The van der Waals surface area contributed by atoms with E-state index in [0.717, 1.165) is 11.5 Å². The van der Waals surface area contributed by atoms with Crippen LogP contribution in [0.5, 0.6) is 0 Å². The molecule has 1 unspecified atom stereocenters. The number of rotatable bonds is 5. The number of thioether (sulfide) groups is 1. The van der Waals surface area contributed by atoms with Gasteiger partial charge in [0, 0.05) is 16.8 Å². The number of hydrogen-bond donors (Lipinski definition) is 1. The van der Waals surface area contributed by atoms with E-state index in [0.29, 0.717) is 5.92 Å². The normalized spacial score (nSPS) is 12.8. The minimum Gasteiger partial charge on any atom is -0.396 e. The molecule has 1 N–H and O–H groups in total. The van der Waals surface area contributed by atoms with E-state index in [4.69, 9.17) is 5.11 Å². The Kier molecular flexibility index (Phi) is 5.60. The van der Waals surface area contributed by atoms with Gasteiger partial charge in [-0.25, -0.2) is 0 Å². The van der Waals surface area contributed by atoms with E-state index >= 15 is 0 Å². The highest BCUT2D eigenvalue weighted by Gasteiger charge is 2.02. The molecule has 0 saturated heterocycles. The molecule has 0 aliphatic rings. The summed E-state index contributed by atoms with van der Waals surface area (Å²) in [4.78, 5) is 0. The van der Waals surface area contributed by atoms with E-state index in [-0.39, 0.29) is 6.61 Å². The molecule has 0 bridgehead atoms. The molecule has 0 aliphatic heterocycles. The zero-order chi connectivity index (χ0) is 10.4. The summed E-state index contributed by atoms with van der Waals surface area (Å²) in [7, 11) is 0. The molecule has 1 rings (SSSR count). The fraction of sp³-hybridized carbons (Fsp3) is 0.455. The molecule has 14 heavy (non-hydrogen) atoms. The lowest BCUT2D eigenvalue weighted by Gasteiger charge is -2.07. The summed E-state index contributed by atoms with van der Waals surface area (Å²) in [6, 6.07) is 8.26. The Morgan fingerprint density at radius 1 is 1.43 bits per heavy atom. The average Bonchev–Trinajstić information content (AvgIpc) is 2.20. The van der Waals surface area contributed by atoms with Crippen molar-refractivity contribution in [1.82, 2.24) is 0 Å². The van der Waals surface area contributed by atoms with E-state index in [2.05, 4.69) is 41.1 Å². The second kappa shape index (κ2) is 6.49. The zero-order valence-electron chi connectivity index (χ0n) is 8.24. The SMILES string of the molecule is CC(CO)CSCc1ccccc1Br. The topological polar surface area (TPSA) is 20.2 Å². The Balaban J connectivity index is 2.35. The molecule has 1 nitrogen and oxygen atoms in total. The van der Waals surface area contributed by atoms with Crippen LogP contribution in [0.2, 0.25) is 0 Å². The minimum absolute atomic E-state index is 0.281. The average molecular weight is 275 g/mol. The van der Waals surface area contributed by atoms with Crippen molar-refractivity contribution in [3.05, 3.63) is 34.3 Å². The molecule has 0 radical (unpaired) electrons. The summed E-state index contributed by atoms with van der Waals surface area (Å²) in [5.74, 6) is 2.41. The third kappa shape index (κ3) is 4.03. The highest BCUT2D eigenvalue weighted by Crippen LogP contribution is 2.22. The number of halogens is 1. The number of hydrogen-bond acceptors (Lipinski definition) is 2. The molecular weight excluding hydrogens is 260 g/mol. The standard InChI is InChI=1S/C11H15BrOS/c1-9(6-13)7-14-8-10-4-2-3-5-11(10)12/h2-5,9,13H,6-8H2,1H3. The highest BCUT2D eigenvalue weighted by atomic mass is 79.9. The van der Waals surface area contributed by atoms with Crippen molar-refractivity contribution in [2.24, 2.45) is 5.92 Å².